The van der Waals surface area contributed by atoms with Gasteiger partial charge in [0.25, 0.3) is 0 Å². The normalized spacial score (nSPS) is 16.7. The van der Waals surface area contributed by atoms with Gasteiger partial charge < -0.3 is 24.7 Å². The molecule has 0 radical (unpaired) electrons. The van der Waals surface area contributed by atoms with E-state index in [1.807, 2.05) is 24.7 Å². The summed E-state index contributed by atoms with van der Waals surface area (Å²) in [4.78, 5) is 28.6. The maximum atomic E-state index is 5.64. The predicted octanol–water partition coefficient (Wildman–Crippen LogP) is 4.19. The molecule has 5 aromatic heterocycles. The van der Waals surface area contributed by atoms with Crippen LogP contribution in [0, 0.1) is 6.92 Å². The van der Waals surface area contributed by atoms with E-state index in [0.29, 0.717) is 19.0 Å². The molecule has 10 nitrogen and oxygen atoms in total. The van der Waals surface area contributed by atoms with Crippen molar-refractivity contribution in [3.8, 4) is 21.8 Å². The van der Waals surface area contributed by atoms with Crippen LogP contribution in [0.4, 0.5) is 11.6 Å². The molecule has 7 rings (SSSR count). The highest BCUT2D eigenvalue weighted by Crippen LogP contribution is 2.42. The molecule has 206 valence electrons. The van der Waals surface area contributed by atoms with Gasteiger partial charge in [-0.3, -0.25) is 4.90 Å². The van der Waals surface area contributed by atoms with Gasteiger partial charge in [-0.1, -0.05) is 0 Å². The second-order valence-corrected chi connectivity index (χ2v) is 11.2. The van der Waals surface area contributed by atoms with Crippen molar-refractivity contribution in [1.82, 2.24) is 29.8 Å². The Morgan fingerprint density at radius 3 is 2.55 bits per heavy atom. The van der Waals surface area contributed by atoms with Crippen molar-refractivity contribution in [2.75, 3.05) is 75.9 Å². The molecule has 0 aliphatic carbocycles. The molecule has 11 heteroatoms. The minimum atomic E-state index is 0.690. The van der Waals surface area contributed by atoms with E-state index in [9.17, 15) is 0 Å². The van der Waals surface area contributed by atoms with Crippen LogP contribution in [0.15, 0.2) is 42.9 Å². The monoisotopic (exact) mass is 556 g/mol. The number of morpholine rings is 2. The lowest BCUT2D eigenvalue weighted by atomic mass is 10.1. The number of fused-ring (bicyclic) bond motifs is 2. The van der Waals surface area contributed by atoms with Crippen LogP contribution < -0.4 is 10.2 Å². The van der Waals surface area contributed by atoms with E-state index >= 15 is 0 Å². The van der Waals surface area contributed by atoms with Crippen LogP contribution in [0.25, 0.3) is 43.1 Å². The van der Waals surface area contributed by atoms with Crippen molar-refractivity contribution in [3.05, 3.63) is 48.4 Å². The standard InChI is InChI=1S/C29H32N8O2S/c1-19-24-26(40-25(19)21-2-3-23(32-17-21)30-6-7-36-8-12-38-13-9-36)29(37-10-14-39-15-11-37)35-28(34-24)22-16-20-4-5-31-27(20)33-18-22/h2-5,16-18H,6-15H2,1H3,(H,30,32)(H,31,33). The molecule has 0 bridgehead atoms. The first-order valence-corrected chi connectivity index (χ1v) is 14.6. The maximum Gasteiger partial charge on any atom is 0.163 e. The molecular formula is C29H32N8O2S. The van der Waals surface area contributed by atoms with Crippen molar-refractivity contribution >= 4 is 44.2 Å². The first-order valence-electron chi connectivity index (χ1n) is 13.8. The number of aromatic amines is 1. The lowest BCUT2D eigenvalue weighted by molar-refractivity contribution is 0.0398. The molecular weight excluding hydrogens is 524 g/mol. The summed E-state index contributed by atoms with van der Waals surface area (Å²) in [5.74, 6) is 2.54. The number of pyridine rings is 2. The number of aryl methyl sites for hydroxylation is 1. The highest BCUT2D eigenvalue weighted by molar-refractivity contribution is 7.23. The topological polar surface area (TPSA) is 104 Å². The minimum absolute atomic E-state index is 0.690. The lowest BCUT2D eigenvalue weighted by Crippen LogP contribution is -2.39. The summed E-state index contributed by atoms with van der Waals surface area (Å²) >= 11 is 1.74. The third-order valence-corrected chi connectivity index (χ3v) is 8.91. The number of aromatic nitrogens is 5. The Hall–Kier alpha value is -3.64. The number of H-pyrrole nitrogens is 1. The summed E-state index contributed by atoms with van der Waals surface area (Å²) in [5, 5.41) is 4.50. The largest absolute Gasteiger partial charge is 0.379 e. The lowest BCUT2D eigenvalue weighted by Gasteiger charge is -2.28. The fraction of sp³-hybridized carbons (Fsp3) is 0.379. The van der Waals surface area contributed by atoms with Gasteiger partial charge in [0.1, 0.15) is 11.5 Å². The number of anilines is 2. The van der Waals surface area contributed by atoms with E-state index in [1.165, 1.54) is 4.88 Å². The summed E-state index contributed by atoms with van der Waals surface area (Å²) in [6, 6.07) is 8.33. The van der Waals surface area contributed by atoms with Gasteiger partial charge in [-0.25, -0.2) is 19.9 Å². The summed E-state index contributed by atoms with van der Waals surface area (Å²) in [7, 11) is 0. The summed E-state index contributed by atoms with van der Waals surface area (Å²) in [5.41, 5.74) is 4.98. The van der Waals surface area contributed by atoms with Crippen LogP contribution in [-0.2, 0) is 9.47 Å². The SMILES string of the molecule is Cc1c(-c2ccc(NCCN3CCOCC3)nc2)sc2c(N3CCOCC3)nc(-c3cnc4[nH]ccc4c3)nc12. The first-order chi connectivity index (χ1) is 19.7. The Labute approximate surface area is 236 Å². The van der Waals surface area contributed by atoms with E-state index in [0.717, 1.165) is 102 Å². The number of nitrogens with zero attached hydrogens (tertiary/aromatic N) is 6. The van der Waals surface area contributed by atoms with E-state index in [2.05, 4.69) is 50.2 Å². The Balaban J connectivity index is 1.20. The Bertz CT molecular complexity index is 1620. The number of hydrogen-bond donors (Lipinski definition) is 2. The van der Waals surface area contributed by atoms with Crippen molar-refractivity contribution in [3.63, 3.8) is 0 Å². The number of ether oxygens (including phenoxy) is 2. The minimum Gasteiger partial charge on any atom is -0.379 e. The van der Waals surface area contributed by atoms with E-state index in [-0.39, 0.29) is 0 Å². The van der Waals surface area contributed by atoms with Gasteiger partial charge in [-0.05, 0) is 36.8 Å². The summed E-state index contributed by atoms with van der Waals surface area (Å²) in [6.07, 6.45) is 5.71. The van der Waals surface area contributed by atoms with E-state index in [4.69, 9.17) is 24.4 Å². The fourth-order valence-electron chi connectivity index (χ4n) is 5.33. The van der Waals surface area contributed by atoms with Crippen LogP contribution in [0.3, 0.4) is 0 Å². The Kier molecular flexibility index (Phi) is 7.02. The van der Waals surface area contributed by atoms with Gasteiger partial charge in [0.05, 0.1) is 36.6 Å². The van der Waals surface area contributed by atoms with Crippen LogP contribution in [-0.4, -0.2) is 95.5 Å². The second kappa shape index (κ2) is 11.1. The number of rotatable bonds is 7. The van der Waals surface area contributed by atoms with Crippen molar-refractivity contribution in [2.45, 2.75) is 6.92 Å². The third-order valence-electron chi connectivity index (χ3n) is 7.58. The maximum absolute atomic E-state index is 5.64. The average molecular weight is 557 g/mol. The molecule has 40 heavy (non-hydrogen) atoms. The fourth-order valence-corrected chi connectivity index (χ4v) is 6.58. The summed E-state index contributed by atoms with van der Waals surface area (Å²) in [6.45, 7) is 10.6. The zero-order chi connectivity index (χ0) is 26.9. The Morgan fingerprint density at radius 2 is 1.75 bits per heavy atom. The predicted molar refractivity (Wildman–Crippen MR) is 159 cm³/mol. The first kappa shape index (κ1) is 25.3. The van der Waals surface area contributed by atoms with Crippen LogP contribution in [0.2, 0.25) is 0 Å². The van der Waals surface area contributed by atoms with Gasteiger partial charge in [0, 0.05) is 79.2 Å². The number of thiophene rings is 1. The molecule has 2 aliphatic rings. The number of nitrogens with one attached hydrogen (secondary N) is 2. The van der Waals surface area contributed by atoms with Crippen LogP contribution in [0.5, 0.6) is 0 Å². The smallest absolute Gasteiger partial charge is 0.163 e. The van der Waals surface area contributed by atoms with Crippen LogP contribution in [0.1, 0.15) is 5.56 Å². The molecule has 5 aromatic rings. The quantitative estimate of drug-likeness (QED) is 0.305. The molecule has 2 N–H and O–H groups in total. The van der Waals surface area contributed by atoms with Gasteiger partial charge in [0.15, 0.2) is 11.6 Å². The molecule has 2 saturated heterocycles. The van der Waals surface area contributed by atoms with Gasteiger partial charge in [-0.2, -0.15) is 0 Å². The zero-order valence-electron chi connectivity index (χ0n) is 22.5. The number of hydrogen-bond acceptors (Lipinski definition) is 10. The molecule has 0 saturated carbocycles. The Morgan fingerprint density at radius 1 is 0.950 bits per heavy atom. The third kappa shape index (κ3) is 5.01. The van der Waals surface area contributed by atoms with Crippen molar-refractivity contribution < 1.29 is 9.47 Å². The van der Waals surface area contributed by atoms with E-state index in [1.54, 1.807) is 11.3 Å². The van der Waals surface area contributed by atoms with Gasteiger partial charge >= 0.3 is 0 Å². The van der Waals surface area contributed by atoms with Gasteiger partial charge in [-0.15, -0.1) is 11.3 Å². The van der Waals surface area contributed by atoms with Gasteiger partial charge in [0.2, 0.25) is 0 Å². The average Bonchev–Trinajstić information content (AvgIpc) is 3.62. The molecule has 0 atom stereocenters. The molecule has 7 heterocycles. The van der Waals surface area contributed by atoms with Crippen LogP contribution >= 0.6 is 11.3 Å². The van der Waals surface area contributed by atoms with E-state index < -0.39 is 0 Å². The molecule has 2 aliphatic heterocycles. The second-order valence-electron chi connectivity index (χ2n) is 10.2. The summed E-state index contributed by atoms with van der Waals surface area (Å²) < 4.78 is 12.2. The molecule has 0 aromatic carbocycles. The highest BCUT2D eigenvalue weighted by Gasteiger charge is 2.23. The highest BCUT2D eigenvalue weighted by atomic mass is 32.1. The van der Waals surface area contributed by atoms with Crippen molar-refractivity contribution in [1.29, 1.82) is 0 Å². The molecule has 0 amide bonds. The zero-order valence-corrected chi connectivity index (χ0v) is 23.3. The molecule has 2 fully saturated rings. The molecule has 0 spiro atoms. The molecule has 0 unspecified atom stereocenters. The van der Waals surface area contributed by atoms with Crippen molar-refractivity contribution in [2.24, 2.45) is 0 Å².